The van der Waals surface area contributed by atoms with Crippen LogP contribution in [0, 0.1) is 0 Å². The maximum absolute atomic E-state index is 11.5. The normalized spacial score (nSPS) is 20.0. The van der Waals surface area contributed by atoms with E-state index in [0.717, 1.165) is 22.3 Å². The van der Waals surface area contributed by atoms with Crippen molar-refractivity contribution in [2.45, 2.75) is 36.1 Å². The molecule has 0 aliphatic carbocycles. The first kappa shape index (κ1) is 41.8. The molecule has 0 unspecified atom stereocenters. The van der Waals surface area contributed by atoms with Gasteiger partial charge < -0.3 is 60.2 Å². The van der Waals surface area contributed by atoms with Gasteiger partial charge in [-0.05, 0) is 129 Å². The third kappa shape index (κ3) is 7.47. The van der Waals surface area contributed by atoms with Crippen molar-refractivity contribution < 1.29 is 60.2 Å². The highest BCUT2D eigenvalue weighted by Gasteiger charge is 2.46. The predicted molar refractivity (Wildman–Crippen MR) is 251 cm³/mol. The number of hydrogen-bond donors (Lipinski definition) is 9. The summed E-state index contributed by atoms with van der Waals surface area (Å²) in [4.78, 5) is 0. The highest BCUT2D eigenvalue weighted by Crippen LogP contribution is 2.59. The molecule has 3 heterocycles. The number of rotatable bonds is 8. The van der Waals surface area contributed by atoms with E-state index in [4.69, 9.17) is 14.2 Å². The Bertz CT molecular complexity index is 3250. The predicted octanol–water partition coefficient (Wildman–Crippen LogP) is 11.0. The molecule has 12 nitrogen and oxygen atoms in total. The summed E-state index contributed by atoms with van der Waals surface area (Å²) >= 11 is 0. The molecule has 9 N–H and O–H groups in total. The van der Waals surface area contributed by atoms with E-state index in [1.165, 1.54) is 24.3 Å². The fraction of sp³-hybridized carbons (Fsp3) is 0.107. The minimum atomic E-state index is -0.718. The number of hydrogen-bond acceptors (Lipinski definition) is 12. The molecular formula is C56H42O12. The molecule has 3 aliphatic rings. The fourth-order valence-corrected chi connectivity index (χ4v) is 10.2. The van der Waals surface area contributed by atoms with Gasteiger partial charge in [0.15, 0.2) is 0 Å². The van der Waals surface area contributed by atoms with Gasteiger partial charge in [0.1, 0.15) is 87.3 Å². The van der Waals surface area contributed by atoms with Crippen LogP contribution in [0.25, 0.3) is 12.2 Å². The van der Waals surface area contributed by atoms with Crippen LogP contribution in [-0.2, 0) is 0 Å². The molecule has 338 valence electrons. The third-order valence-electron chi connectivity index (χ3n) is 13.0. The van der Waals surface area contributed by atoms with Crippen molar-refractivity contribution in [3.63, 3.8) is 0 Å². The summed E-state index contributed by atoms with van der Waals surface area (Å²) in [7, 11) is 0. The van der Waals surface area contributed by atoms with Gasteiger partial charge in [0.05, 0.1) is 17.8 Å². The zero-order valence-electron chi connectivity index (χ0n) is 35.8. The topological polar surface area (TPSA) is 210 Å². The van der Waals surface area contributed by atoms with Gasteiger partial charge in [-0.2, -0.15) is 0 Å². The number of phenolic OH excluding ortho intramolecular Hbond substituents is 9. The lowest BCUT2D eigenvalue weighted by molar-refractivity contribution is 0.220. The molecule has 0 saturated heterocycles. The van der Waals surface area contributed by atoms with Crippen LogP contribution in [-0.4, -0.2) is 46.0 Å². The van der Waals surface area contributed by atoms with E-state index < -0.39 is 36.1 Å². The lowest BCUT2D eigenvalue weighted by atomic mass is 9.76. The second-order valence-corrected chi connectivity index (χ2v) is 17.4. The summed E-state index contributed by atoms with van der Waals surface area (Å²) in [6.07, 6.45) is 1.69. The molecule has 11 rings (SSSR count). The van der Waals surface area contributed by atoms with E-state index in [0.29, 0.717) is 56.2 Å². The Labute approximate surface area is 389 Å². The van der Waals surface area contributed by atoms with Gasteiger partial charge in [-0.15, -0.1) is 0 Å². The third-order valence-corrected chi connectivity index (χ3v) is 13.0. The monoisotopic (exact) mass is 906 g/mol. The van der Waals surface area contributed by atoms with Crippen molar-refractivity contribution in [2.75, 3.05) is 0 Å². The van der Waals surface area contributed by atoms with E-state index in [2.05, 4.69) is 0 Å². The van der Waals surface area contributed by atoms with Crippen molar-refractivity contribution >= 4 is 12.2 Å². The van der Waals surface area contributed by atoms with Crippen LogP contribution < -0.4 is 14.2 Å². The molecule has 0 bridgehead atoms. The number of ether oxygens (including phenoxy) is 3. The number of fused-ring (bicyclic) bond motifs is 3. The second kappa shape index (κ2) is 16.2. The summed E-state index contributed by atoms with van der Waals surface area (Å²) in [6.45, 7) is 0. The van der Waals surface area contributed by atoms with Crippen molar-refractivity contribution in [2.24, 2.45) is 0 Å². The van der Waals surface area contributed by atoms with Crippen molar-refractivity contribution in [1.29, 1.82) is 0 Å². The summed E-state index contributed by atoms with van der Waals surface area (Å²) in [5.41, 5.74) is 7.38. The van der Waals surface area contributed by atoms with E-state index in [1.807, 2.05) is 30.4 Å². The molecule has 0 saturated carbocycles. The molecule has 8 aromatic rings. The van der Waals surface area contributed by atoms with E-state index in [9.17, 15) is 46.0 Å². The van der Waals surface area contributed by atoms with Gasteiger partial charge >= 0.3 is 0 Å². The van der Waals surface area contributed by atoms with E-state index >= 15 is 0 Å². The van der Waals surface area contributed by atoms with Crippen molar-refractivity contribution in [3.8, 4) is 69.0 Å². The summed E-state index contributed by atoms with van der Waals surface area (Å²) in [5, 5.41) is 96.0. The molecule has 0 radical (unpaired) electrons. The molecular weight excluding hydrogens is 865 g/mol. The van der Waals surface area contributed by atoms with E-state index in [-0.39, 0.29) is 51.7 Å². The smallest absolute Gasteiger partial charge is 0.135 e. The standard InChI is InChI=1S/C56H42O12/c57-35-10-4-29(5-11-35)54-50(33-19-38(60)23-39(61)20-33)49-32(18-42(64)26-47(49)67-54)3-1-28-2-16-46-44(17-28)52(56(66-46)31-8-14-37(59)15-9-31)45-25-43(65)27-48-53(45)51(34-21-40(62)24-41(63)22-34)55(68-48)30-6-12-36(58)13-7-30/h1-27,50-52,54-65H/b3-1+/t50-,51+,52+,54+,55-,56+/m0/s1. The molecule has 0 amide bonds. The Hall–Kier alpha value is -8.90. The molecule has 0 fully saturated rings. The van der Waals surface area contributed by atoms with Crippen LogP contribution in [0.1, 0.15) is 97.3 Å². The Kier molecular flexibility index (Phi) is 9.96. The second-order valence-electron chi connectivity index (χ2n) is 17.4. The molecule has 3 aliphatic heterocycles. The lowest BCUT2D eigenvalue weighted by Crippen LogP contribution is -2.16. The van der Waals surface area contributed by atoms with Gasteiger partial charge in [-0.25, -0.2) is 0 Å². The Balaban J connectivity index is 1.05. The summed E-state index contributed by atoms with van der Waals surface area (Å²) in [6, 6.07) is 40.7. The largest absolute Gasteiger partial charge is 0.508 e. The summed E-state index contributed by atoms with van der Waals surface area (Å²) < 4.78 is 20.0. The quantitative estimate of drug-likeness (QED) is 0.0652. The zero-order chi connectivity index (χ0) is 47.0. The molecule has 12 heteroatoms. The highest BCUT2D eigenvalue weighted by atomic mass is 16.5. The molecule has 68 heavy (non-hydrogen) atoms. The van der Waals surface area contributed by atoms with Crippen molar-refractivity contribution in [1.82, 2.24) is 0 Å². The Morgan fingerprint density at radius 2 is 0.706 bits per heavy atom. The lowest BCUT2D eigenvalue weighted by Gasteiger charge is -2.26. The van der Waals surface area contributed by atoms with Gasteiger partial charge in [0, 0.05) is 41.0 Å². The minimum absolute atomic E-state index is 0.0494. The number of benzene rings is 8. The van der Waals surface area contributed by atoms with Gasteiger partial charge in [0.2, 0.25) is 0 Å². The van der Waals surface area contributed by atoms with Gasteiger partial charge in [-0.3, -0.25) is 0 Å². The number of phenols is 9. The first-order valence-corrected chi connectivity index (χ1v) is 21.8. The average Bonchev–Trinajstić information content (AvgIpc) is 4.00. The maximum Gasteiger partial charge on any atom is 0.135 e. The van der Waals surface area contributed by atoms with Crippen LogP contribution in [0.15, 0.2) is 152 Å². The number of aromatic hydroxyl groups is 9. The maximum atomic E-state index is 11.5. The van der Waals surface area contributed by atoms with E-state index in [1.54, 1.807) is 109 Å². The molecule has 0 spiro atoms. The molecule has 0 aromatic heterocycles. The van der Waals surface area contributed by atoms with Gasteiger partial charge in [0.25, 0.3) is 0 Å². The van der Waals surface area contributed by atoms with Crippen LogP contribution in [0.4, 0.5) is 0 Å². The van der Waals surface area contributed by atoms with Crippen LogP contribution in [0.5, 0.6) is 69.0 Å². The van der Waals surface area contributed by atoms with Crippen LogP contribution in [0.2, 0.25) is 0 Å². The molecule has 8 aromatic carbocycles. The van der Waals surface area contributed by atoms with Gasteiger partial charge in [-0.1, -0.05) is 54.6 Å². The van der Waals surface area contributed by atoms with Crippen molar-refractivity contribution in [3.05, 3.63) is 213 Å². The highest BCUT2D eigenvalue weighted by molar-refractivity contribution is 5.76. The Morgan fingerprint density at radius 1 is 0.294 bits per heavy atom. The molecule has 6 atom stereocenters. The first-order chi connectivity index (χ1) is 32.8. The minimum Gasteiger partial charge on any atom is -0.508 e. The average molecular weight is 907 g/mol. The zero-order valence-corrected chi connectivity index (χ0v) is 35.8. The summed E-state index contributed by atoms with van der Waals surface area (Å²) in [5.74, 6) is -0.981. The van der Waals surface area contributed by atoms with Crippen LogP contribution in [0.3, 0.4) is 0 Å². The SMILES string of the molecule is Oc1ccc([C@H]2Oc3ccc(/C=C/c4cc(O)cc5c4[C@H](c4cc(O)cc(O)c4)[C@@H](c4ccc(O)cc4)O5)cc3[C@@H]2c2cc(O)cc3c2[C@@H](c2cc(O)cc(O)c2)[C@H](c2ccc(O)cc2)O3)cc1. The van der Waals surface area contributed by atoms with Crippen LogP contribution >= 0.6 is 0 Å². The Morgan fingerprint density at radius 3 is 1.21 bits per heavy atom. The fourth-order valence-electron chi connectivity index (χ4n) is 10.2. The first-order valence-electron chi connectivity index (χ1n) is 21.8.